The molecule has 0 radical (unpaired) electrons. The van der Waals surface area contributed by atoms with Gasteiger partial charge in [0.1, 0.15) is 18.4 Å². The Morgan fingerprint density at radius 3 is 2.76 bits per heavy atom. The third-order valence-corrected chi connectivity index (χ3v) is 2.54. The number of carbonyl (C=O) groups excluding carboxylic acids is 1. The topological polar surface area (TPSA) is 64.3 Å². The highest BCUT2D eigenvalue weighted by atomic mass is 16.5. The van der Waals surface area contributed by atoms with E-state index < -0.39 is 11.9 Å². The molecule has 0 bridgehead atoms. The Balaban J connectivity index is 2.64. The molecule has 1 aromatic carbocycles. The van der Waals surface area contributed by atoms with Gasteiger partial charge in [-0.2, -0.15) is 0 Å². The van der Waals surface area contributed by atoms with E-state index in [1.165, 1.54) is 0 Å². The number of aryl methyl sites for hydroxylation is 2. The maximum atomic E-state index is 11.1. The number of likely N-dealkylation sites (N-methyl/N-ethyl adjacent to an activating group) is 1. The molecule has 1 aromatic rings. The molecular weight excluding hydrogens is 216 g/mol. The molecule has 17 heavy (non-hydrogen) atoms. The van der Waals surface area contributed by atoms with Crippen molar-refractivity contribution in [1.82, 2.24) is 5.32 Å². The van der Waals surface area contributed by atoms with Gasteiger partial charge < -0.3 is 15.8 Å². The Labute approximate surface area is 102 Å². The van der Waals surface area contributed by atoms with Gasteiger partial charge in [-0.15, -0.1) is 0 Å². The lowest BCUT2D eigenvalue weighted by Crippen LogP contribution is -2.45. The van der Waals surface area contributed by atoms with Gasteiger partial charge in [-0.25, -0.2) is 0 Å². The monoisotopic (exact) mass is 236 g/mol. The molecule has 0 fully saturated rings. The van der Waals surface area contributed by atoms with E-state index in [2.05, 4.69) is 5.32 Å². The van der Waals surface area contributed by atoms with Gasteiger partial charge in [0, 0.05) is 0 Å². The molecule has 0 aromatic heterocycles. The first-order chi connectivity index (χ1) is 8.04. The van der Waals surface area contributed by atoms with Crippen molar-refractivity contribution in [2.75, 3.05) is 13.2 Å². The molecule has 4 nitrogen and oxygen atoms in total. The van der Waals surface area contributed by atoms with Crippen LogP contribution in [0.5, 0.6) is 5.75 Å². The molecule has 0 heterocycles. The Hall–Kier alpha value is -1.55. The number of primary amides is 1. The molecule has 0 aliphatic heterocycles. The lowest BCUT2D eigenvalue weighted by molar-refractivity contribution is -0.120. The van der Waals surface area contributed by atoms with Crippen LogP contribution in [0.15, 0.2) is 18.2 Å². The fourth-order valence-corrected chi connectivity index (χ4v) is 1.52. The maximum Gasteiger partial charge on any atom is 0.238 e. The van der Waals surface area contributed by atoms with Gasteiger partial charge in [0.25, 0.3) is 0 Å². The number of nitrogens with one attached hydrogen (secondary N) is 1. The molecule has 0 saturated heterocycles. The first kappa shape index (κ1) is 13.5. The minimum Gasteiger partial charge on any atom is -0.491 e. The van der Waals surface area contributed by atoms with Crippen LogP contribution in [0.4, 0.5) is 0 Å². The quantitative estimate of drug-likeness (QED) is 0.778. The van der Waals surface area contributed by atoms with Crippen molar-refractivity contribution in [2.45, 2.75) is 26.8 Å². The Bertz CT molecular complexity index is 391. The number of rotatable bonds is 6. The van der Waals surface area contributed by atoms with Crippen LogP contribution in [0, 0.1) is 13.8 Å². The third-order valence-electron chi connectivity index (χ3n) is 2.54. The highest BCUT2D eigenvalue weighted by molar-refractivity contribution is 5.80. The van der Waals surface area contributed by atoms with E-state index in [0.29, 0.717) is 6.54 Å². The molecule has 1 rings (SSSR count). The second kappa shape index (κ2) is 6.25. The van der Waals surface area contributed by atoms with Crippen molar-refractivity contribution in [2.24, 2.45) is 5.73 Å². The van der Waals surface area contributed by atoms with E-state index in [0.717, 1.165) is 16.9 Å². The van der Waals surface area contributed by atoms with E-state index in [1.807, 2.05) is 39.0 Å². The second-order valence-corrected chi connectivity index (χ2v) is 4.09. The molecule has 0 aliphatic carbocycles. The van der Waals surface area contributed by atoms with Gasteiger partial charge in [0.2, 0.25) is 5.91 Å². The molecule has 94 valence electrons. The van der Waals surface area contributed by atoms with Crippen LogP contribution in [-0.2, 0) is 4.79 Å². The number of nitrogens with two attached hydrogens (primary N) is 1. The van der Waals surface area contributed by atoms with Crippen LogP contribution in [0.25, 0.3) is 0 Å². The lowest BCUT2D eigenvalue weighted by atomic mass is 10.1. The van der Waals surface area contributed by atoms with E-state index in [4.69, 9.17) is 10.5 Å². The summed E-state index contributed by atoms with van der Waals surface area (Å²) < 4.78 is 5.63. The molecule has 0 aliphatic rings. The molecule has 1 atom stereocenters. The maximum absolute atomic E-state index is 11.1. The molecule has 4 heteroatoms. The Kier molecular flexibility index (Phi) is 4.97. The van der Waals surface area contributed by atoms with Gasteiger partial charge in [0.05, 0.1) is 0 Å². The lowest BCUT2D eigenvalue weighted by Gasteiger charge is -2.16. The summed E-state index contributed by atoms with van der Waals surface area (Å²) in [6.45, 7) is 6.84. The Morgan fingerprint density at radius 2 is 2.18 bits per heavy atom. The summed E-state index contributed by atoms with van der Waals surface area (Å²) >= 11 is 0. The molecule has 0 spiro atoms. The normalized spacial score (nSPS) is 12.2. The van der Waals surface area contributed by atoms with Crippen LogP contribution < -0.4 is 15.8 Å². The number of hydrogen-bond donors (Lipinski definition) is 2. The predicted octanol–water partition coefficient (Wildman–Crippen LogP) is 1.15. The van der Waals surface area contributed by atoms with Crippen LogP contribution in [0.2, 0.25) is 0 Å². The number of carbonyl (C=O) groups is 1. The first-order valence-corrected chi connectivity index (χ1v) is 5.77. The van der Waals surface area contributed by atoms with Crippen molar-refractivity contribution >= 4 is 5.91 Å². The van der Waals surface area contributed by atoms with Crippen LogP contribution >= 0.6 is 0 Å². The van der Waals surface area contributed by atoms with Crippen LogP contribution in [0.1, 0.15) is 18.1 Å². The summed E-state index contributed by atoms with van der Waals surface area (Å²) in [5.41, 5.74) is 7.45. The van der Waals surface area contributed by atoms with E-state index in [-0.39, 0.29) is 6.61 Å². The van der Waals surface area contributed by atoms with Crippen molar-refractivity contribution < 1.29 is 9.53 Å². The third kappa shape index (κ3) is 4.07. The van der Waals surface area contributed by atoms with Crippen LogP contribution in [0.3, 0.4) is 0 Å². The molecule has 1 unspecified atom stereocenters. The number of ether oxygens (including phenoxy) is 1. The smallest absolute Gasteiger partial charge is 0.238 e. The van der Waals surface area contributed by atoms with Gasteiger partial charge in [-0.05, 0) is 37.6 Å². The van der Waals surface area contributed by atoms with Gasteiger partial charge in [-0.3, -0.25) is 4.79 Å². The van der Waals surface area contributed by atoms with Gasteiger partial charge >= 0.3 is 0 Å². The zero-order chi connectivity index (χ0) is 12.8. The van der Waals surface area contributed by atoms with Crippen molar-refractivity contribution in [1.29, 1.82) is 0 Å². The van der Waals surface area contributed by atoms with E-state index in [1.54, 1.807) is 0 Å². The summed E-state index contributed by atoms with van der Waals surface area (Å²) in [4.78, 5) is 11.1. The Morgan fingerprint density at radius 1 is 1.47 bits per heavy atom. The fourth-order valence-electron chi connectivity index (χ4n) is 1.52. The van der Waals surface area contributed by atoms with Gasteiger partial charge in [0.15, 0.2) is 0 Å². The first-order valence-electron chi connectivity index (χ1n) is 5.77. The summed E-state index contributed by atoms with van der Waals surface area (Å²) in [5.74, 6) is 0.409. The predicted molar refractivity (Wildman–Crippen MR) is 68.1 cm³/mol. The zero-order valence-corrected chi connectivity index (χ0v) is 10.6. The fraction of sp³-hybridized carbons (Fsp3) is 0.462. The number of hydrogen-bond acceptors (Lipinski definition) is 3. The molecular formula is C13H20N2O2. The zero-order valence-electron chi connectivity index (χ0n) is 10.6. The van der Waals surface area contributed by atoms with E-state index >= 15 is 0 Å². The van der Waals surface area contributed by atoms with Crippen molar-refractivity contribution in [3.05, 3.63) is 29.3 Å². The standard InChI is InChI=1S/C13H20N2O2/c1-4-15-11(13(14)16)8-17-12-7-9(2)5-6-10(12)3/h5-7,11,15H,4,8H2,1-3H3,(H2,14,16). The second-order valence-electron chi connectivity index (χ2n) is 4.09. The van der Waals surface area contributed by atoms with Gasteiger partial charge in [-0.1, -0.05) is 19.1 Å². The SMILES string of the molecule is CCNC(COc1cc(C)ccc1C)C(N)=O. The average molecular weight is 236 g/mol. The molecule has 0 saturated carbocycles. The average Bonchev–Trinajstić information content (AvgIpc) is 2.28. The number of benzene rings is 1. The molecule has 3 N–H and O–H groups in total. The summed E-state index contributed by atoms with van der Waals surface area (Å²) in [5, 5.41) is 2.99. The minimum absolute atomic E-state index is 0.257. The van der Waals surface area contributed by atoms with Crippen molar-refractivity contribution in [3.63, 3.8) is 0 Å². The number of amides is 1. The molecule has 1 amide bonds. The summed E-state index contributed by atoms with van der Waals surface area (Å²) in [6, 6.07) is 5.54. The van der Waals surface area contributed by atoms with Crippen LogP contribution in [-0.4, -0.2) is 25.1 Å². The van der Waals surface area contributed by atoms with E-state index in [9.17, 15) is 4.79 Å². The minimum atomic E-state index is -0.445. The highest BCUT2D eigenvalue weighted by Crippen LogP contribution is 2.19. The summed E-state index contributed by atoms with van der Waals surface area (Å²) in [7, 11) is 0. The largest absolute Gasteiger partial charge is 0.491 e. The summed E-state index contributed by atoms with van der Waals surface area (Å²) in [6.07, 6.45) is 0. The van der Waals surface area contributed by atoms with Crippen molar-refractivity contribution in [3.8, 4) is 5.75 Å². The highest BCUT2D eigenvalue weighted by Gasteiger charge is 2.14.